The molecule has 2 heteroatoms. The summed E-state index contributed by atoms with van der Waals surface area (Å²) in [6.07, 6.45) is 7.77. The van der Waals surface area contributed by atoms with Gasteiger partial charge in [0.25, 0.3) is 0 Å². The van der Waals surface area contributed by atoms with E-state index >= 15 is 0 Å². The van der Waals surface area contributed by atoms with Crippen molar-refractivity contribution in [2.24, 2.45) is 23.7 Å². The van der Waals surface area contributed by atoms with Crippen LogP contribution in [0.3, 0.4) is 0 Å². The minimum absolute atomic E-state index is 0.350. The summed E-state index contributed by atoms with van der Waals surface area (Å²) >= 11 is 0. The molecule has 4 unspecified atom stereocenters. The van der Waals surface area contributed by atoms with E-state index < -0.39 is 0 Å². The molecule has 2 bridgehead atoms. The van der Waals surface area contributed by atoms with Gasteiger partial charge in [0, 0.05) is 25.4 Å². The van der Waals surface area contributed by atoms with Crippen LogP contribution in [-0.4, -0.2) is 18.9 Å². The van der Waals surface area contributed by atoms with Crippen LogP contribution in [0, 0.1) is 23.7 Å². The number of ketones is 1. The second kappa shape index (κ2) is 3.89. The van der Waals surface area contributed by atoms with Crippen molar-refractivity contribution in [3.63, 3.8) is 0 Å². The Bertz CT molecular complexity index is 263. The van der Waals surface area contributed by atoms with Crippen LogP contribution in [0.2, 0.25) is 0 Å². The molecule has 2 aliphatic carbocycles. The van der Waals surface area contributed by atoms with Gasteiger partial charge in [-0.25, -0.2) is 0 Å². The molecule has 3 rings (SSSR count). The van der Waals surface area contributed by atoms with Gasteiger partial charge in [-0.3, -0.25) is 4.79 Å². The summed E-state index contributed by atoms with van der Waals surface area (Å²) in [6.45, 7) is 1.86. The lowest BCUT2D eigenvalue weighted by Crippen LogP contribution is -2.38. The average Bonchev–Trinajstić information content (AvgIpc) is 2.83. The van der Waals surface area contributed by atoms with Gasteiger partial charge in [-0.05, 0) is 43.4 Å². The van der Waals surface area contributed by atoms with Gasteiger partial charge in [-0.1, -0.05) is 6.42 Å². The Morgan fingerprint density at radius 3 is 2.87 bits per heavy atom. The normalized spacial score (nSPS) is 44.9. The van der Waals surface area contributed by atoms with Gasteiger partial charge >= 0.3 is 0 Å². The lowest BCUT2D eigenvalue weighted by Gasteiger charge is -2.28. The van der Waals surface area contributed by atoms with Crippen molar-refractivity contribution >= 4 is 5.78 Å². The van der Waals surface area contributed by atoms with Gasteiger partial charge in [-0.2, -0.15) is 0 Å². The van der Waals surface area contributed by atoms with E-state index in [-0.39, 0.29) is 0 Å². The van der Waals surface area contributed by atoms with Crippen LogP contribution in [0.25, 0.3) is 0 Å². The van der Waals surface area contributed by atoms with E-state index in [2.05, 4.69) is 5.32 Å². The summed E-state index contributed by atoms with van der Waals surface area (Å²) in [5.41, 5.74) is 0. The Kier molecular flexibility index (Phi) is 2.55. The highest BCUT2D eigenvalue weighted by Gasteiger charge is 2.41. The fourth-order valence-corrected chi connectivity index (χ4v) is 4.05. The summed E-state index contributed by atoms with van der Waals surface area (Å²) in [4.78, 5) is 11.7. The van der Waals surface area contributed by atoms with Crippen LogP contribution in [0.1, 0.15) is 38.5 Å². The number of hydrogen-bond donors (Lipinski definition) is 1. The Balaban J connectivity index is 1.58. The molecule has 2 saturated carbocycles. The Labute approximate surface area is 91.8 Å². The fraction of sp³-hybridized carbons (Fsp3) is 0.923. The van der Waals surface area contributed by atoms with E-state index in [0.717, 1.165) is 37.3 Å². The summed E-state index contributed by atoms with van der Waals surface area (Å²) in [7, 11) is 0. The van der Waals surface area contributed by atoms with Gasteiger partial charge in [0.2, 0.25) is 0 Å². The van der Waals surface area contributed by atoms with Crippen LogP contribution in [0.5, 0.6) is 0 Å². The van der Waals surface area contributed by atoms with Gasteiger partial charge in [0.1, 0.15) is 5.78 Å². The molecule has 0 aromatic carbocycles. The van der Waals surface area contributed by atoms with Gasteiger partial charge in [0.15, 0.2) is 0 Å². The molecule has 0 aromatic heterocycles. The molecule has 84 valence electrons. The van der Waals surface area contributed by atoms with Crippen LogP contribution in [0.15, 0.2) is 0 Å². The number of carbonyl (C=O) groups is 1. The SMILES string of the molecule is O=C1CCNCC1CC1CC2CCC1C2. The van der Waals surface area contributed by atoms with Crippen LogP contribution < -0.4 is 5.32 Å². The Morgan fingerprint density at radius 1 is 1.27 bits per heavy atom. The van der Waals surface area contributed by atoms with Gasteiger partial charge in [0.05, 0.1) is 0 Å². The number of fused-ring (bicyclic) bond motifs is 2. The first kappa shape index (κ1) is 9.83. The third-order valence-electron chi connectivity index (χ3n) is 4.87. The molecule has 1 heterocycles. The molecule has 1 aliphatic heterocycles. The quantitative estimate of drug-likeness (QED) is 0.750. The summed E-state index contributed by atoms with van der Waals surface area (Å²) in [5.74, 6) is 3.76. The van der Waals surface area contributed by atoms with Crippen molar-refractivity contribution in [2.75, 3.05) is 13.1 Å². The summed E-state index contributed by atoms with van der Waals surface area (Å²) in [6, 6.07) is 0. The topological polar surface area (TPSA) is 29.1 Å². The highest BCUT2D eigenvalue weighted by molar-refractivity contribution is 5.82. The van der Waals surface area contributed by atoms with Crippen molar-refractivity contribution in [1.29, 1.82) is 0 Å². The zero-order valence-corrected chi connectivity index (χ0v) is 9.37. The number of Topliss-reactive ketones (excluding diaryl/α,β-unsaturated/α-hetero) is 1. The molecule has 1 N–H and O–H groups in total. The zero-order valence-electron chi connectivity index (χ0n) is 9.37. The fourth-order valence-electron chi connectivity index (χ4n) is 4.05. The minimum Gasteiger partial charge on any atom is -0.316 e. The molecule has 4 atom stereocenters. The third kappa shape index (κ3) is 1.84. The minimum atomic E-state index is 0.350. The lowest BCUT2D eigenvalue weighted by atomic mass is 9.80. The third-order valence-corrected chi connectivity index (χ3v) is 4.87. The Hall–Kier alpha value is -0.370. The van der Waals surface area contributed by atoms with Crippen molar-refractivity contribution in [2.45, 2.75) is 38.5 Å². The van der Waals surface area contributed by atoms with E-state index in [1.807, 2.05) is 0 Å². The lowest BCUT2D eigenvalue weighted by molar-refractivity contribution is -0.124. The summed E-state index contributed by atoms with van der Waals surface area (Å²) < 4.78 is 0. The maximum Gasteiger partial charge on any atom is 0.138 e. The first-order chi connectivity index (χ1) is 7.33. The molecular weight excluding hydrogens is 186 g/mol. The van der Waals surface area contributed by atoms with E-state index in [1.54, 1.807) is 0 Å². The monoisotopic (exact) mass is 207 g/mol. The highest BCUT2D eigenvalue weighted by atomic mass is 16.1. The van der Waals surface area contributed by atoms with Gasteiger partial charge in [-0.15, -0.1) is 0 Å². The van der Waals surface area contributed by atoms with E-state index in [4.69, 9.17) is 0 Å². The molecule has 15 heavy (non-hydrogen) atoms. The standard InChI is InChI=1S/C13H21NO/c15-13-3-4-14-8-12(13)7-11-6-9-1-2-10(11)5-9/h9-12,14H,1-8H2. The van der Waals surface area contributed by atoms with E-state index in [9.17, 15) is 4.79 Å². The molecule has 0 aromatic rings. The smallest absolute Gasteiger partial charge is 0.138 e. The largest absolute Gasteiger partial charge is 0.316 e. The second-order valence-corrected chi connectivity index (χ2v) is 5.79. The first-order valence-corrected chi connectivity index (χ1v) is 6.56. The number of rotatable bonds is 2. The molecule has 3 aliphatic rings. The predicted molar refractivity (Wildman–Crippen MR) is 59.5 cm³/mol. The molecule has 1 saturated heterocycles. The van der Waals surface area contributed by atoms with Crippen molar-refractivity contribution in [3.05, 3.63) is 0 Å². The molecule has 3 fully saturated rings. The average molecular weight is 207 g/mol. The molecular formula is C13H21NO. The summed E-state index contributed by atoms with van der Waals surface area (Å²) in [5, 5.41) is 3.36. The molecule has 0 amide bonds. The highest BCUT2D eigenvalue weighted by Crippen LogP contribution is 2.50. The predicted octanol–water partition coefficient (Wildman–Crippen LogP) is 1.99. The van der Waals surface area contributed by atoms with Crippen LogP contribution in [-0.2, 0) is 4.79 Å². The van der Waals surface area contributed by atoms with E-state index in [0.29, 0.717) is 11.7 Å². The van der Waals surface area contributed by atoms with E-state index in [1.165, 1.54) is 32.1 Å². The number of carbonyl (C=O) groups excluding carboxylic acids is 1. The number of nitrogens with one attached hydrogen (secondary N) is 1. The van der Waals surface area contributed by atoms with Crippen LogP contribution in [0.4, 0.5) is 0 Å². The maximum absolute atomic E-state index is 11.7. The Morgan fingerprint density at radius 2 is 2.20 bits per heavy atom. The number of hydrogen-bond acceptors (Lipinski definition) is 2. The number of piperidine rings is 1. The van der Waals surface area contributed by atoms with Crippen molar-refractivity contribution < 1.29 is 4.79 Å². The van der Waals surface area contributed by atoms with Crippen molar-refractivity contribution in [1.82, 2.24) is 5.32 Å². The second-order valence-electron chi connectivity index (χ2n) is 5.79. The van der Waals surface area contributed by atoms with Crippen molar-refractivity contribution in [3.8, 4) is 0 Å². The zero-order chi connectivity index (χ0) is 10.3. The van der Waals surface area contributed by atoms with Gasteiger partial charge < -0.3 is 5.32 Å². The first-order valence-electron chi connectivity index (χ1n) is 6.56. The molecule has 2 nitrogen and oxygen atoms in total. The maximum atomic E-state index is 11.7. The van der Waals surface area contributed by atoms with Crippen LogP contribution >= 0.6 is 0 Å². The molecule has 0 radical (unpaired) electrons. The molecule has 0 spiro atoms.